The highest BCUT2D eigenvalue weighted by molar-refractivity contribution is 7.17. The number of anilines is 2. The van der Waals surface area contributed by atoms with Crippen LogP contribution in [0.4, 0.5) is 10.9 Å². The molecule has 2 aromatic heterocycles. The fourth-order valence-electron chi connectivity index (χ4n) is 4.77. The Labute approximate surface area is 214 Å². The van der Waals surface area contributed by atoms with Gasteiger partial charge in [0.25, 0.3) is 5.91 Å². The van der Waals surface area contributed by atoms with E-state index in [1.165, 1.54) is 17.5 Å². The number of halogens is 1. The average molecular weight is 518 g/mol. The molecular weight excluding hydrogens is 486 g/mol. The number of likely N-dealkylation sites (tertiary alicyclic amines) is 1. The number of nitrogens with one attached hydrogen (secondary N) is 2. The lowest BCUT2D eigenvalue weighted by Crippen LogP contribution is -2.32. The number of aryl methyl sites for hydroxylation is 1. The highest BCUT2D eigenvalue weighted by atomic mass is 35.5. The highest BCUT2D eigenvalue weighted by Crippen LogP contribution is 2.30. The largest absolute Gasteiger partial charge is 0.395 e. The molecule has 1 saturated carbocycles. The van der Waals surface area contributed by atoms with Crippen molar-refractivity contribution in [2.24, 2.45) is 5.92 Å². The first-order valence-electron chi connectivity index (χ1n) is 12.1. The molecule has 0 radical (unpaired) electrons. The minimum absolute atomic E-state index is 0.0581. The van der Waals surface area contributed by atoms with Gasteiger partial charge in [-0.25, -0.2) is 9.97 Å². The number of aliphatic hydroxyl groups is 1. The number of hydrogen-bond acceptors (Lipinski definition) is 8. The van der Waals surface area contributed by atoms with Crippen molar-refractivity contribution >= 4 is 45.6 Å². The lowest BCUT2D eigenvalue weighted by Gasteiger charge is -2.27. The average Bonchev–Trinajstić information content (AvgIpc) is 3.46. The molecule has 2 aliphatic rings. The minimum atomic E-state index is -0.247. The number of hydrogen-bond donors (Lipinski definition) is 3. The number of aromatic nitrogens is 2. The van der Waals surface area contributed by atoms with Crippen molar-refractivity contribution in [3.8, 4) is 0 Å². The molecule has 1 atom stereocenters. The third-order valence-corrected chi connectivity index (χ3v) is 8.07. The van der Waals surface area contributed by atoms with E-state index in [1.54, 1.807) is 18.2 Å². The molecule has 188 valence electrons. The van der Waals surface area contributed by atoms with E-state index in [0.29, 0.717) is 21.4 Å². The number of pyridine rings is 1. The molecule has 35 heavy (non-hydrogen) atoms. The number of rotatable bonds is 9. The van der Waals surface area contributed by atoms with Gasteiger partial charge in [0.2, 0.25) is 0 Å². The van der Waals surface area contributed by atoms with E-state index < -0.39 is 0 Å². The molecule has 8 nitrogen and oxygen atoms in total. The molecule has 0 bridgehead atoms. The van der Waals surface area contributed by atoms with Crippen LogP contribution in [0.15, 0.2) is 30.5 Å². The molecule has 1 amide bonds. The van der Waals surface area contributed by atoms with Gasteiger partial charge in [0.15, 0.2) is 10.9 Å². The fourth-order valence-corrected chi connectivity index (χ4v) is 5.82. The van der Waals surface area contributed by atoms with Crippen molar-refractivity contribution < 1.29 is 14.7 Å². The number of thiazole rings is 1. The zero-order valence-electron chi connectivity index (χ0n) is 19.9. The molecule has 3 N–H and O–H groups in total. The van der Waals surface area contributed by atoms with Crippen LogP contribution in [0.3, 0.4) is 0 Å². The molecule has 1 aliphatic heterocycles. The van der Waals surface area contributed by atoms with Crippen LogP contribution in [0.5, 0.6) is 0 Å². The van der Waals surface area contributed by atoms with E-state index in [9.17, 15) is 14.7 Å². The van der Waals surface area contributed by atoms with Crippen LogP contribution >= 0.6 is 22.9 Å². The topological polar surface area (TPSA) is 107 Å². The zero-order valence-corrected chi connectivity index (χ0v) is 21.4. The first-order valence-corrected chi connectivity index (χ1v) is 13.3. The monoisotopic (exact) mass is 517 g/mol. The third-order valence-electron chi connectivity index (χ3n) is 6.76. The molecule has 0 aromatic carbocycles. The maximum Gasteiger partial charge on any atom is 0.268 e. The molecule has 0 spiro atoms. The summed E-state index contributed by atoms with van der Waals surface area (Å²) < 4.78 is 0. The molecule has 2 fully saturated rings. The molecule has 2 aromatic rings. The standard InChI is InChI=1S/C25H32ClN5O3S/c1-16-23(24(34)30-22-11-8-18(26)14-27-22)35-25(28-16)29-19-9-6-17(7-10-19)21(33)5-3-13-31-12-2-4-20(31)15-32/h3,5,8,11,14,17,19-20,32H,2,4,6-7,9-10,12-13,15H2,1H3,(H,28,29)(H,27,30,34)/b5-3+. The van der Waals surface area contributed by atoms with Gasteiger partial charge in [0.1, 0.15) is 10.7 Å². The Hall–Kier alpha value is -2.33. The minimum Gasteiger partial charge on any atom is -0.395 e. The van der Waals surface area contributed by atoms with Gasteiger partial charge in [-0.1, -0.05) is 29.0 Å². The number of ketones is 1. The Morgan fingerprint density at radius 1 is 1.26 bits per heavy atom. The summed E-state index contributed by atoms with van der Waals surface area (Å²) in [5.41, 5.74) is 0.666. The van der Waals surface area contributed by atoms with Crippen LogP contribution in [0.1, 0.15) is 53.9 Å². The van der Waals surface area contributed by atoms with Crippen LogP contribution in [-0.4, -0.2) is 63.4 Å². The molecule has 1 unspecified atom stereocenters. The molecule has 3 heterocycles. The van der Waals surface area contributed by atoms with Crippen LogP contribution < -0.4 is 10.6 Å². The summed E-state index contributed by atoms with van der Waals surface area (Å²) in [5.74, 6) is 0.446. The fraction of sp³-hybridized carbons (Fsp3) is 0.520. The third kappa shape index (κ3) is 6.88. The van der Waals surface area contributed by atoms with Crippen molar-refractivity contribution in [2.45, 2.75) is 57.5 Å². The molecule has 4 rings (SSSR count). The molecule has 10 heteroatoms. The second-order valence-corrected chi connectivity index (χ2v) is 10.7. The predicted molar refractivity (Wildman–Crippen MR) is 139 cm³/mol. The van der Waals surface area contributed by atoms with E-state index in [4.69, 9.17) is 11.6 Å². The Morgan fingerprint density at radius 3 is 2.77 bits per heavy atom. The van der Waals surface area contributed by atoms with E-state index >= 15 is 0 Å². The quantitative estimate of drug-likeness (QED) is 0.425. The number of allylic oxidation sites excluding steroid dienone is 1. The van der Waals surface area contributed by atoms with Gasteiger partial charge in [-0.15, -0.1) is 0 Å². The molecular formula is C25H32ClN5O3S. The Bertz CT molecular complexity index is 1050. The predicted octanol–water partition coefficient (Wildman–Crippen LogP) is 4.30. The van der Waals surface area contributed by atoms with Gasteiger partial charge in [-0.2, -0.15) is 0 Å². The second kappa shape index (κ2) is 12.1. The Kier molecular flexibility index (Phi) is 8.89. The number of carbonyl (C=O) groups is 2. The number of aliphatic hydroxyl groups excluding tert-OH is 1. The first kappa shape index (κ1) is 25.8. The van der Waals surface area contributed by atoms with Crippen LogP contribution in [0.25, 0.3) is 0 Å². The summed E-state index contributed by atoms with van der Waals surface area (Å²) in [6.07, 6.45) is 10.7. The summed E-state index contributed by atoms with van der Waals surface area (Å²) in [6.45, 7) is 3.71. The van der Waals surface area contributed by atoms with Gasteiger partial charge in [0, 0.05) is 30.7 Å². The summed E-state index contributed by atoms with van der Waals surface area (Å²) >= 11 is 7.17. The summed E-state index contributed by atoms with van der Waals surface area (Å²) in [7, 11) is 0. The second-order valence-electron chi connectivity index (χ2n) is 9.22. The Morgan fingerprint density at radius 2 is 2.06 bits per heavy atom. The van der Waals surface area contributed by atoms with Crippen molar-refractivity contribution in [1.29, 1.82) is 0 Å². The van der Waals surface area contributed by atoms with Crippen molar-refractivity contribution in [3.63, 3.8) is 0 Å². The highest BCUT2D eigenvalue weighted by Gasteiger charge is 2.27. The van der Waals surface area contributed by atoms with Crippen molar-refractivity contribution in [3.05, 3.63) is 46.1 Å². The summed E-state index contributed by atoms with van der Waals surface area (Å²) in [4.78, 5) is 36.7. The van der Waals surface area contributed by atoms with Crippen LogP contribution in [0.2, 0.25) is 5.02 Å². The lowest BCUT2D eigenvalue weighted by atomic mass is 9.83. The maximum atomic E-state index is 12.6. The Balaban J connectivity index is 1.23. The van der Waals surface area contributed by atoms with Gasteiger partial charge < -0.3 is 15.7 Å². The van der Waals surface area contributed by atoms with Crippen molar-refractivity contribution in [1.82, 2.24) is 14.9 Å². The smallest absolute Gasteiger partial charge is 0.268 e. The normalized spacial score (nSPS) is 23.0. The molecule has 1 aliphatic carbocycles. The SMILES string of the molecule is Cc1nc(NC2CCC(C(=O)/C=C/CN3CCCC3CO)CC2)sc1C(=O)Nc1ccc(Cl)cn1. The summed E-state index contributed by atoms with van der Waals surface area (Å²) in [5, 5.41) is 16.9. The van der Waals surface area contributed by atoms with Gasteiger partial charge in [-0.3, -0.25) is 14.5 Å². The van der Waals surface area contributed by atoms with Gasteiger partial charge >= 0.3 is 0 Å². The van der Waals surface area contributed by atoms with Crippen LogP contribution in [0, 0.1) is 12.8 Å². The van der Waals surface area contributed by atoms with E-state index in [-0.39, 0.29) is 36.3 Å². The maximum absolute atomic E-state index is 12.6. The summed E-state index contributed by atoms with van der Waals surface area (Å²) in [6, 6.07) is 3.79. The number of nitrogens with zero attached hydrogens (tertiary/aromatic N) is 3. The first-order chi connectivity index (χ1) is 16.9. The van der Waals surface area contributed by atoms with E-state index in [1.807, 2.05) is 13.0 Å². The van der Waals surface area contributed by atoms with Gasteiger partial charge in [-0.05, 0) is 70.2 Å². The van der Waals surface area contributed by atoms with Crippen LogP contribution in [-0.2, 0) is 4.79 Å². The number of carbonyl (C=O) groups excluding carboxylic acids is 2. The lowest BCUT2D eigenvalue weighted by molar-refractivity contribution is -0.119. The van der Waals surface area contributed by atoms with E-state index in [2.05, 4.69) is 25.5 Å². The number of amides is 1. The van der Waals surface area contributed by atoms with E-state index in [0.717, 1.165) is 56.7 Å². The molecule has 1 saturated heterocycles. The zero-order chi connectivity index (χ0) is 24.8. The van der Waals surface area contributed by atoms with Gasteiger partial charge in [0.05, 0.1) is 17.3 Å². The van der Waals surface area contributed by atoms with Crippen molar-refractivity contribution in [2.75, 3.05) is 30.3 Å².